The van der Waals surface area contributed by atoms with Crippen molar-refractivity contribution in [2.75, 3.05) is 0 Å². The van der Waals surface area contributed by atoms with Crippen molar-refractivity contribution in [3.63, 3.8) is 0 Å². The van der Waals surface area contributed by atoms with Crippen LogP contribution in [0.25, 0.3) is 0 Å². The van der Waals surface area contributed by atoms with Crippen molar-refractivity contribution in [1.82, 2.24) is 15.6 Å². The van der Waals surface area contributed by atoms with Gasteiger partial charge in [-0.15, -0.1) is 11.3 Å². The normalized spacial score (nSPS) is 11.7. The van der Waals surface area contributed by atoms with Crippen LogP contribution < -0.4 is 10.6 Å². The van der Waals surface area contributed by atoms with Crippen molar-refractivity contribution in [2.45, 2.75) is 38.8 Å². The van der Waals surface area contributed by atoms with Gasteiger partial charge < -0.3 is 20.8 Å². The number of amides is 2. The van der Waals surface area contributed by atoms with Gasteiger partial charge in [0.1, 0.15) is 6.04 Å². The molecular weight excluding hydrogens is 298 g/mol. The van der Waals surface area contributed by atoms with E-state index in [1.54, 1.807) is 5.38 Å². The molecule has 0 saturated heterocycles. The van der Waals surface area contributed by atoms with E-state index in [1.165, 1.54) is 11.3 Å². The minimum absolute atomic E-state index is 0.0604. The van der Waals surface area contributed by atoms with Crippen molar-refractivity contribution < 1.29 is 24.6 Å². The highest BCUT2D eigenvalue weighted by molar-refractivity contribution is 7.09. The largest absolute Gasteiger partial charge is 0.481 e. The molecule has 0 saturated carbocycles. The van der Waals surface area contributed by atoms with Crippen LogP contribution >= 0.6 is 11.3 Å². The van der Waals surface area contributed by atoms with E-state index in [0.29, 0.717) is 5.69 Å². The molecule has 116 valence electrons. The molecule has 8 nitrogen and oxygen atoms in total. The number of urea groups is 1. The summed E-state index contributed by atoms with van der Waals surface area (Å²) < 4.78 is 0. The second-order valence-electron chi connectivity index (χ2n) is 4.36. The average molecular weight is 315 g/mol. The molecule has 4 N–H and O–H groups in total. The van der Waals surface area contributed by atoms with E-state index in [9.17, 15) is 14.4 Å². The molecule has 1 aromatic heterocycles. The number of hydrogen-bond acceptors (Lipinski definition) is 5. The number of aromatic nitrogens is 1. The van der Waals surface area contributed by atoms with Crippen LogP contribution in [-0.2, 0) is 16.1 Å². The third kappa shape index (κ3) is 6.70. The van der Waals surface area contributed by atoms with Crippen LogP contribution in [0, 0.1) is 6.92 Å². The molecule has 1 heterocycles. The lowest BCUT2D eigenvalue weighted by atomic mass is 10.1. The molecule has 0 aliphatic heterocycles. The van der Waals surface area contributed by atoms with Gasteiger partial charge >= 0.3 is 18.0 Å². The summed E-state index contributed by atoms with van der Waals surface area (Å²) in [6.45, 7) is 2.05. The number of thiazole rings is 1. The maximum Gasteiger partial charge on any atom is 0.326 e. The fourth-order valence-electron chi connectivity index (χ4n) is 1.58. The van der Waals surface area contributed by atoms with E-state index in [1.807, 2.05) is 6.92 Å². The summed E-state index contributed by atoms with van der Waals surface area (Å²) >= 11 is 1.46. The first-order chi connectivity index (χ1) is 9.88. The van der Waals surface area contributed by atoms with Gasteiger partial charge in [0.05, 0.1) is 17.2 Å². The van der Waals surface area contributed by atoms with E-state index in [0.717, 1.165) is 5.01 Å². The van der Waals surface area contributed by atoms with Crippen LogP contribution in [0.5, 0.6) is 0 Å². The molecule has 0 fully saturated rings. The number of carbonyl (C=O) groups excluding carboxylic acids is 1. The highest BCUT2D eigenvalue weighted by Gasteiger charge is 2.19. The second kappa shape index (κ2) is 8.20. The van der Waals surface area contributed by atoms with Gasteiger partial charge in [0.2, 0.25) is 0 Å². The minimum atomic E-state index is -1.19. The number of nitrogens with one attached hydrogen (secondary N) is 2. The Kier molecular flexibility index (Phi) is 6.60. The predicted molar refractivity (Wildman–Crippen MR) is 75.1 cm³/mol. The Balaban J connectivity index is 2.37. The molecule has 21 heavy (non-hydrogen) atoms. The van der Waals surface area contributed by atoms with E-state index >= 15 is 0 Å². The Labute approximate surface area is 125 Å². The summed E-state index contributed by atoms with van der Waals surface area (Å²) in [4.78, 5) is 37.1. The van der Waals surface area contributed by atoms with Gasteiger partial charge in [-0.1, -0.05) is 0 Å². The number of rotatable bonds is 8. The van der Waals surface area contributed by atoms with Crippen LogP contribution in [0.4, 0.5) is 4.79 Å². The van der Waals surface area contributed by atoms with Gasteiger partial charge in [0.15, 0.2) is 0 Å². The molecule has 0 spiro atoms. The Bertz CT molecular complexity index is 517. The predicted octanol–water partition coefficient (Wildman–Crippen LogP) is 0.959. The first-order valence-electron chi connectivity index (χ1n) is 6.28. The van der Waals surface area contributed by atoms with Crippen LogP contribution in [0.15, 0.2) is 5.38 Å². The van der Waals surface area contributed by atoms with Crippen molar-refractivity contribution >= 4 is 29.3 Å². The van der Waals surface area contributed by atoms with Crippen molar-refractivity contribution in [2.24, 2.45) is 0 Å². The van der Waals surface area contributed by atoms with Crippen molar-refractivity contribution in [3.05, 3.63) is 16.1 Å². The standard InChI is InChI=1S/C12H17N3O5S/c1-7-14-8(6-21-7)5-13-12(20)15-9(11(18)19)3-2-4-10(16)17/h6,9H,2-5H2,1H3,(H,16,17)(H,18,19)(H2,13,15,20)/t9-/m1/s1. The SMILES string of the molecule is Cc1nc(CNC(=O)N[C@H](CCCC(=O)O)C(=O)O)cs1. The Morgan fingerprint density at radius 3 is 2.62 bits per heavy atom. The number of carboxylic acid groups (broad SMARTS) is 2. The Morgan fingerprint density at radius 2 is 2.10 bits per heavy atom. The molecular formula is C12H17N3O5S. The third-order valence-electron chi connectivity index (χ3n) is 2.58. The topological polar surface area (TPSA) is 129 Å². The first kappa shape index (κ1) is 16.9. The number of aryl methyl sites for hydroxylation is 1. The van der Waals surface area contributed by atoms with Crippen LogP contribution in [0.3, 0.4) is 0 Å². The third-order valence-corrected chi connectivity index (χ3v) is 3.41. The number of carbonyl (C=O) groups is 3. The highest BCUT2D eigenvalue weighted by atomic mass is 32.1. The Hall–Kier alpha value is -2.16. The number of nitrogens with zero attached hydrogens (tertiary/aromatic N) is 1. The minimum Gasteiger partial charge on any atom is -0.481 e. The summed E-state index contributed by atoms with van der Waals surface area (Å²) in [5.74, 6) is -2.19. The second-order valence-corrected chi connectivity index (χ2v) is 5.42. The number of aliphatic carboxylic acids is 2. The smallest absolute Gasteiger partial charge is 0.326 e. The molecule has 1 atom stereocenters. The molecule has 0 bridgehead atoms. The fourth-order valence-corrected chi connectivity index (χ4v) is 2.20. The van der Waals surface area contributed by atoms with Gasteiger partial charge in [-0.05, 0) is 19.8 Å². The molecule has 0 radical (unpaired) electrons. The van der Waals surface area contributed by atoms with Gasteiger partial charge in [-0.2, -0.15) is 0 Å². The monoisotopic (exact) mass is 315 g/mol. The lowest BCUT2D eigenvalue weighted by Gasteiger charge is -2.14. The molecule has 2 amide bonds. The zero-order valence-electron chi connectivity index (χ0n) is 11.5. The molecule has 1 aromatic rings. The molecule has 9 heteroatoms. The fraction of sp³-hybridized carbons (Fsp3) is 0.500. The van der Waals surface area contributed by atoms with Crippen LogP contribution in [0.1, 0.15) is 30.0 Å². The lowest BCUT2D eigenvalue weighted by molar-refractivity contribution is -0.140. The van der Waals surface area contributed by atoms with E-state index in [-0.39, 0.29) is 25.8 Å². The lowest BCUT2D eigenvalue weighted by Crippen LogP contribution is -2.45. The van der Waals surface area contributed by atoms with Crippen LogP contribution in [-0.4, -0.2) is 39.2 Å². The summed E-state index contributed by atoms with van der Waals surface area (Å²) in [6, 6.07) is -1.73. The van der Waals surface area contributed by atoms with E-state index in [2.05, 4.69) is 15.6 Å². The maximum absolute atomic E-state index is 11.6. The molecule has 0 unspecified atom stereocenters. The molecule has 1 rings (SSSR count). The van der Waals surface area contributed by atoms with Gasteiger partial charge in [0, 0.05) is 11.8 Å². The first-order valence-corrected chi connectivity index (χ1v) is 7.16. The number of carboxylic acids is 2. The highest BCUT2D eigenvalue weighted by Crippen LogP contribution is 2.07. The maximum atomic E-state index is 11.6. The molecule has 0 aliphatic carbocycles. The van der Waals surface area contributed by atoms with Crippen molar-refractivity contribution in [3.8, 4) is 0 Å². The van der Waals surface area contributed by atoms with Gasteiger partial charge in [0.25, 0.3) is 0 Å². The van der Waals surface area contributed by atoms with Gasteiger partial charge in [-0.3, -0.25) is 4.79 Å². The average Bonchev–Trinajstić information content (AvgIpc) is 2.80. The summed E-state index contributed by atoms with van der Waals surface area (Å²) in [6.07, 6.45) is 0.105. The summed E-state index contributed by atoms with van der Waals surface area (Å²) in [5, 5.41) is 25.0. The zero-order valence-corrected chi connectivity index (χ0v) is 12.3. The summed E-state index contributed by atoms with van der Waals surface area (Å²) in [7, 11) is 0. The zero-order chi connectivity index (χ0) is 15.8. The Morgan fingerprint density at radius 1 is 1.38 bits per heavy atom. The number of hydrogen-bond donors (Lipinski definition) is 4. The molecule has 0 aliphatic rings. The van der Waals surface area contributed by atoms with Gasteiger partial charge in [-0.25, -0.2) is 14.6 Å². The molecule has 0 aromatic carbocycles. The summed E-state index contributed by atoms with van der Waals surface area (Å²) in [5.41, 5.74) is 0.699. The van der Waals surface area contributed by atoms with E-state index < -0.39 is 24.0 Å². The van der Waals surface area contributed by atoms with E-state index in [4.69, 9.17) is 10.2 Å². The quantitative estimate of drug-likeness (QED) is 0.565. The van der Waals surface area contributed by atoms with Crippen LogP contribution in [0.2, 0.25) is 0 Å². The van der Waals surface area contributed by atoms with Crippen molar-refractivity contribution in [1.29, 1.82) is 0 Å².